The van der Waals surface area contributed by atoms with Crippen LogP contribution in [0, 0.1) is 23.0 Å². The van der Waals surface area contributed by atoms with Gasteiger partial charge in [-0.1, -0.05) is 71.4 Å². The van der Waals surface area contributed by atoms with Crippen LogP contribution < -0.4 is 26.6 Å². The number of rotatable bonds is 33. The van der Waals surface area contributed by atoms with Crippen LogP contribution >= 0.6 is 11.8 Å². The molecule has 1 aliphatic rings. The summed E-state index contributed by atoms with van der Waals surface area (Å²) in [6.07, 6.45) is 4.94. The molecule has 4 atom stereocenters. The highest BCUT2D eigenvalue weighted by Gasteiger charge is 2.37. The van der Waals surface area contributed by atoms with E-state index < -0.39 is 83.2 Å². The minimum Gasteiger partial charge on any atom is -0.481 e. The number of amides is 8. The molecule has 23 heteroatoms. The molecule has 1 aliphatic heterocycles. The molecule has 3 aromatic rings. The molecule has 0 saturated carbocycles. The molecule has 430 valence electrons. The minimum atomic E-state index is -1.41. The maximum Gasteiger partial charge on any atom is 0.326 e. The van der Waals surface area contributed by atoms with Crippen molar-refractivity contribution < 1.29 is 66.9 Å². The number of unbranched alkanes of at least 4 members (excludes halogenated alkanes) is 2. The Morgan fingerprint density at radius 2 is 1.42 bits per heavy atom. The highest BCUT2D eigenvalue weighted by atomic mass is 32.2. The molecule has 2 heterocycles. The Morgan fingerprint density at radius 3 is 2.06 bits per heavy atom. The van der Waals surface area contributed by atoms with Crippen LogP contribution in [0.2, 0.25) is 0 Å². The number of halogens is 2. The fraction of sp³-hybridized carbons (Fsp3) is 0.500. The van der Waals surface area contributed by atoms with Crippen LogP contribution in [-0.2, 0) is 54.5 Å². The first kappa shape index (κ1) is 64.1. The van der Waals surface area contributed by atoms with Gasteiger partial charge < -0.3 is 46.3 Å². The van der Waals surface area contributed by atoms with Crippen molar-refractivity contribution in [3.05, 3.63) is 95.8 Å². The number of hydrogen-bond donors (Lipinski definition) is 7. The smallest absolute Gasteiger partial charge is 0.326 e. The van der Waals surface area contributed by atoms with Crippen LogP contribution in [0.15, 0.2) is 72.9 Å². The van der Waals surface area contributed by atoms with Crippen LogP contribution in [0.4, 0.5) is 8.78 Å². The van der Waals surface area contributed by atoms with Crippen molar-refractivity contribution in [2.45, 2.75) is 130 Å². The van der Waals surface area contributed by atoms with E-state index in [1.165, 1.54) is 30.8 Å². The summed E-state index contributed by atoms with van der Waals surface area (Å²) >= 11 is 1.18. The van der Waals surface area contributed by atoms with E-state index >= 15 is 4.39 Å². The number of carbonyl (C=O) groups is 10. The van der Waals surface area contributed by atoms with Crippen LogP contribution in [0.1, 0.15) is 117 Å². The molecule has 20 nitrogen and oxygen atoms in total. The fourth-order valence-corrected chi connectivity index (χ4v) is 9.57. The maximum atomic E-state index is 15.4. The monoisotopic (exact) mass is 1120 g/mol. The number of carbonyl (C=O) groups excluding carboxylic acids is 8. The van der Waals surface area contributed by atoms with Gasteiger partial charge in [-0.25, -0.2) is 13.6 Å². The molecule has 0 spiro atoms. The van der Waals surface area contributed by atoms with Gasteiger partial charge in [0, 0.05) is 99.3 Å². The molecule has 79 heavy (non-hydrogen) atoms. The van der Waals surface area contributed by atoms with Gasteiger partial charge >= 0.3 is 11.9 Å². The third kappa shape index (κ3) is 21.0. The minimum absolute atomic E-state index is 0.0251. The summed E-state index contributed by atoms with van der Waals surface area (Å²) in [6, 6.07) is 10.3. The molecule has 8 amide bonds. The van der Waals surface area contributed by atoms with Crippen LogP contribution in [0.5, 0.6) is 0 Å². The number of imide groups is 1. The first-order valence-electron chi connectivity index (χ1n) is 26.3. The zero-order chi connectivity index (χ0) is 58.4. The van der Waals surface area contributed by atoms with Gasteiger partial charge in [0.2, 0.25) is 35.4 Å². The van der Waals surface area contributed by atoms with E-state index in [0.717, 1.165) is 28.7 Å². The summed E-state index contributed by atoms with van der Waals surface area (Å²) in [6.45, 7) is 11.4. The van der Waals surface area contributed by atoms with Gasteiger partial charge in [-0.3, -0.25) is 48.1 Å². The third-order valence-corrected chi connectivity index (χ3v) is 13.8. The quantitative estimate of drug-likeness (QED) is 0.0309. The molecular formula is C56H74F2N8O12S. The molecular weight excluding hydrogens is 1050 g/mol. The second-order valence-electron chi connectivity index (χ2n) is 20.7. The lowest BCUT2D eigenvalue weighted by Gasteiger charge is -2.41. The predicted molar refractivity (Wildman–Crippen MR) is 292 cm³/mol. The maximum absolute atomic E-state index is 15.4. The van der Waals surface area contributed by atoms with Crippen molar-refractivity contribution >= 4 is 71.0 Å². The number of nitrogens with zero attached hydrogens (tertiary/aromatic N) is 3. The van der Waals surface area contributed by atoms with E-state index in [1.54, 1.807) is 31.0 Å². The molecule has 0 bridgehead atoms. The molecule has 0 aliphatic carbocycles. The van der Waals surface area contributed by atoms with E-state index in [2.05, 4.69) is 26.6 Å². The fourth-order valence-electron chi connectivity index (χ4n) is 8.76. The van der Waals surface area contributed by atoms with Gasteiger partial charge in [-0.05, 0) is 73.8 Å². The third-order valence-electron chi connectivity index (χ3n) is 12.8. The lowest BCUT2D eigenvalue weighted by molar-refractivity contribution is -0.143. The van der Waals surface area contributed by atoms with Gasteiger partial charge in [0.25, 0.3) is 11.8 Å². The van der Waals surface area contributed by atoms with Crippen LogP contribution in [-0.4, -0.2) is 140 Å². The zero-order valence-electron chi connectivity index (χ0n) is 45.6. The van der Waals surface area contributed by atoms with E-state index in [4.69, 9.17) is 5.11 Å². The Kier molecular flexibility index (Phi) is 25.3. The molecule has 7 N–H and O–H groups in total. The van der Waals surface area contributed by atoms with E-state index in [-0.39, 0.29) is 105 Å². The summed E-state index contributed by atoms with van der Waals surface area (Å²) < 4.78 is 32.0. The SMILES string of the molecule is CC(C)[C@@H](NC(=O)CCCCCN1C(=O)C=CC1=O)C(=O)N[C@H](C)C(=O)NCCCN(C(=O)CSCCC(=O)NCCC(=O)N[C@H](CCC(=O)O)C(=O)O)[C@@H](c1cc(-c2cc(F)ccc2F)cn1Cc1ccccc1)C(C)(C)C. The summed E-state index contributed by atoms with van der Waals surface area (Å²) in [5.74, 6) is -7.79. The highest BCUT2D eigenvalue weighted by Crippen LogP contribution is 2.41. The van der Waals surface area contributed by atoms with Crippen molar-refractivity contribution in [1.82, 2.24) is 41.0 Å². The van der Waals surface area contributed by atoms with Crippen LogP contribution in [0.3, 0.4) is 0 Å². The second kappa shape index (κ2) is 31.2. The molecule has 0 saturated heterocycles. The standard InChI is InChI=1S/C56H74F2N8O12S/c1-35(2)51(63-45(68)16-11-8-12-27-65-47(70)20-21-48(65)71)54(76)61-36(3)53(75)60-25-13-28-66(49(72)34-79-29-24-44(67)59-26-23-46(69)62-42(55(77)78)19-22-50(73)74)52(56(4,5)6)43-30-38(40-31-39(57)17-18-41(40)58)33-64(43)32-37-14-9-7-10-15-37/h7,9-10,14-15,17-18,20-21,30-31,33,35-36,42,51-52H,8,11-13,16,19,22-29,32,34H2,1-6H3,(H,59,67)(H,60,75)(H,61,76)(H,62,69)(H,63,68)(H,73,74)(H,77,78)/t36-,42-,51-,52+/m1/s1. The lowest BCUT2D eigenvalue weighted by Crippen LogP contribution is -2.54. The summed E-state index contributed by atoms with van der Waals surface area (Å²) in [5.41, 5.74) is 1.22. The largest absolute Gasteiger partial charge is 0.481 e. The Labute approximate surface area is 463 Å². The number of hydrogen-bond acceptors (Lipinski definition) is 11. The first-order chi connectivity index (χ1) is 37.4. The van der Waals surface area contributed by atoms with Gasteiger partial charge in [0.1, 0.15) is 29.8 Å². The Hall–Kier alpha value is -7.43. The lowest BCUT2D eigenvalue weighted by atomic mass is 9.83. The molecule has 0 radical (unpaired) electrons. The number of carboxylic acid groups (broad SMARTS) is 2. The normalized spacial score (nSPS) is 13.8. The number of carboxylic acids is 2. The number of nitrogens with one attached hydrogen (secondary N) is 5. The van der Waals surface area contributed by atoms with Crippen molar-refractivity contribution in [3.63, 3.8) is 0 Å². The van der Waals surface area contributed by atoms with Gasteiger partial charge in [-0.15, -0.1) is 0 Å². The topological polar surface area (TPSA) is 283 Å². The van der Waals surface area contributed by atoms with Crippen molar-refractivity contribution in [1.29, 1.82) is 0 Å². The Bertz CT molecular complexity index is 2660. The molecule has 4 rings (SSSR count). The van der Waals surface area contributed by atoms with Crippen LogP contribution in [0.25, 0.3) is 11.1 Å². The first-order valence-corrected chi connectivity index (χ1v) is 27.5. The Balaban J connectivity index is 1.45. The number of aromatic nitrogens is 1. The van der Waals surface area contributed by atoms with Crippen molar-refractivity contribution in [3.8, 4) is 11.1 Å². The second-order valence-corrected chi connectivity index (χ2v) is 21.8. The van der Waals surface area contributed by atoms with E-state index in [0.29, 0.717) is 37.1 Å². The summed E-state index contributed by atoms with van der Waals surface area (Å²) in [5, 5.41) is 31.3. The average molecular weight is 1120 g/mol. The van der Waals surface area contributed by atoms with Crippen molar-refractivity contribution in [2.24, 2.45) is 11.3 Å². The molecule has 0 fully saturated rings. The van der Waals surface area contributed by atoms with Gasteiger partial charge in [0.05, 0.1) is 11.8 Å². The average Bonchev–Trinajstić information content (AvgIpc) is 3.99. The number of aliphatic carboxylic acids is 2. The van der Waals surface area contributed by atoms with E-state index in [1.807, 2.05) is 55.7 Å². The molecule has 1 aromatic heterocycles. The number of thioether (sulfide) groups is 1. The molecule has 0 unspecified atom stereocenters. The highest BCUT2D eigenvalue weighted by molar-refractivity contribution is 7.99. The van der Waals surface area contributed by atoms with Crippen molar-refractivity contribution in [2.75, 3.05) is 37.7 Å². The van der Waals surface area contributed by atoms with Gasteiger partial charge in [-0.2, -0.15) is 11.8 Å². The molecule has 2 aromatic carbocycles. The number of benzene rings is 2. The zero-order valence-corrected chi connectivity index (χ0v) is 46.4. The summed E-state index contributed by atoms with van der Waals surface area (Å²) in [4.78, 5) is 128. The summed E-state index contributed by atoms with van der Waals surface area (Å²) in [7, 11) is 0. The van der Waals surface area contributed by atoms with E-state index in [9.17, 15) is 57.4 Å². The predicted octanol–water partition coefficient (Wildman–Crippen LogP) is 5.10. The van der Waals surface area contributed by atoms with Gasteiger partial charge in [0.15, 0.2) is 0 Å². The Morgan fingerprint density at radius 1 is 0.734 bits per heavy atom.